The summed E-state index contributed by atoms with van der Waals surface area (Å²) in [5.41, 5.74) is 2.97. The first kappa shape index (κ1) is 17.0. The number of carbonyl (C=O) groups is 2. The topological polar surface area (TPSA) is 79.3 Å². The summed E-state index contributed by atoms with van der Waals surface area (Å²) in [5.74, 6) is -1.10. The van der Waals surface area contributed by atoms with E-state index >= 15 is 0 Å². The van der Waals surface area contributed by atoms with Crippen molar-refractivity contribution < 1.29 is 19.1 Å². The third-order valence-corrected chi connectivity index (χ3v) is 4.28. The molecule has 0 fully saturated rings. The van der Waals surface area contributed by atoms with E-state index in [1.165, 1.54) is 30.6 Å². The molecule has 1 aromatic heterocycles. The lowest BCUT2D eigenvalue weighted by molar-refractivity contribution is -0.120. The highest BCUT2D eigenvalue weighted by atomic mass is 19.1. The molecule has 2 aromatic rings. The summed E-state index contributed by atoms with van der Waals surface area (Å²) < 4.78 is 13.7. The molecule has 0 spiro atoms. The molecule has 0 bridgehead atoms. The van der Waals surface area contributed by atoms with E-state index in [0.29, 0.717) is 27.9 Å². The van der Waals surface area contributed by atoms with Crippen LogP contribution in [0.1, 0.15) is 22.3 Å². The van der Waals surface area contributed by atoms with Crippen molar-refractivity contribution in [3.05, 3.63) is 64.2 Å². The Morgan fingerprint density at radius 1 is 1.36 bits per heavy atom. The van der Waals surface area contributed by atoms with Gasteiger partial charge < -0.3 is 10.4 Å². The fourth-order valence-corrected chi connectivity index (χ4v) is 2.97. The highest BCUT2D eigenvalue weighted by Crippen LogP contribution is 2.30. The van der Waals surface area contributed by atoms with E-state index < -0.39 is 5.82 Å². The number of allylic oxidation sites excluding steroid dienone is 1. The van der Waals surface area contributed by atoms with Gasteiger partial charge in [0, 0.05) is 38.0 Å². The Morgan fingerprint density at radius 2 is 2.16 bits per heavy atom. The minimum Gasteiger partial charge on any atom is -0.392 e. The Labute approximate surface area is 144 Å². The molecule has 1 heterocycles. The van der Waals surface area contributed by atoms with Crippen molar-refractivity contribution in [3.8, 4) is 0 Å². The second kappa shape index (κ2) is 6.94. The lowest BCUT2D eigenvalue weighted by Gasteiger charge is -2.18. The highest BCUT2D eigenvalue weighted by Gasteiger charge is 2.26. The standard InChI is InChI=1S/C19H17FN2O3/c1-21-17-7-14(20)4-12-5-16(19(25)8-15(12)17)18(24)6-13-9-22-3-2-11(13)10-23/h2-5,7,9,21,23H,6,8,10H2,1H3. The Bertz CT molecular complexity index is 890. The number of halogens is 1. The van der Waals surface area contributed by atoms with Crippen LogP contribution >= 0.6 is 0 Å². The van der Waals surface area contributed by atoms with Gasteiger partial charge in [0.05, 0.1) is 12.2 Å². The first-order valence-electron chi connectivity index (χ1n) is 7.84. The molecule has 25 heavy (non-hydrogen) atoms. The molecule has 6 heteroatoms. The predicted octanol–water partition coefficient (Wildman–Crippen LogP) is 2.08. The number of carbonyl (C=O) groups excluding carboxylic acids is 2. The van der Waals surface area contributed by atoms with Gasteiger partial charge in [-0.2, -0.15) is 0 Å². The third-order valence-electron chi connectivity index (χ3n) is 4.28. The third kappa shape index (κ3) is 3.34. The van der Waals surface area contributed by atoms with E-state index in [0.717, 1.165) is 0 Å². The zero-order chi connectivity index (χ0) is 18.0. The molecule has 0 radical (unpaired) electrons. The predicted molar refractivity (Wildman–Crippen MR) is 91.5 cm³/mol. The van der Waals surface area contributed by atoms with Gasteiger partial charge in [-0.25, -0.2) is 4.39 Å². The number of nitrogens with one attached hydrogen (secondary N) is 1. The summed E-state index contributed by atoms with van der Waals surface area (Å²) in [7, 11) is 1.66. The average Bonchev–Trinajstić information content (AvgIpc) is 2.61. The van der Waals surface area contributed by atoms with E-state index in [2.05, 4.69) is 10.3 Å². The zero-order valence-corrected chi connectivity index (χ0v) is 13.7. The molecular weight excluding hydrogens is 323 g/mol. The second-order valence-corrected chi connectivity index (χ2v) is 5.83. The van der Waals surface area contributed by atoms with Crippen molar-refractivity contribution in [3.63, 3.8) is 0 Å². The highest BCUT2D eigenvalue weighted by molar-refractivity contribution is 6.25. The van der Waals surface area contributed by atoms with Crippen molar-refractivity contribution in [1.29, 1.82) is 0 Å². The number of ketones is 2. The molecule has 0 saturated carbocycles. The fourth-order valence-electron chi connectivity index (χ4n) is 2.97. The Hall–Kier alpha value is -2.86. The average molecular weight is 340 g/mol. The van der Waals surface area contributed by atoms with Gasteiger partial charge in [-0.05, 0) is 46.5 Å². The molecule has 128 valence electrons. The monoisotopic (exact) mass is 340 g/mol. The van der Waals surface area contributed by atoms with Crippen molar-refractivity contribution in [1.82, 2.24) is 4.98 Å². The molecule has 2 N–H and O–H groups in total. The first-order chi connectivity index (χ1) is 12.0. The number of rotatable bonds is 5. The van der Waals surface area contributed by atoms with Gasteiger partial charge in [-0.3, -0.25) is 14.6 Å². The van der Waals surface area contributed by atoms with Crippen LogP contribution in [0.4, 0.5) is 10.1 Å². The van der Waals surface area contributed by atoms with E-state index in [-0.39, 0.29) is 36.6 Å². The van der Waals surface area contributed by atoms with Gasteiger partial charge in [-0.1, -0.05) is 0 Å². The molecule has 5 nitrogen and oxygen atoms in total. The molecule has 1 aliphatic carbocycles. The largest absolute Gasteiger partial charge is 0.392 e. The quantitative estimate of drug-likeness (QED) is 0.815. The number of Topliss-reactive ketones (excluding diaryl/α,β-unsaturated/α-hetero) is 2. The van der Waals surface area contributed by atoms with Crippen LogP contribution in [-0.2, 0) is 29.0 Å². The number of nitrogens with zero attached hydrogens (tertiary/aromatic N) is 1. The molecule has 0 saturated heterocycles. The molecule has 3 rings (SSSR count). The van der Waals surface area contributed by atoms with Gasteiger partial charge in [0.15, 0.2) is 11.6 Å². The normalized spacial score (nSPS) is 13.2. The molecule has 0 amide bonds. The lowest BCUT2D eigenvalue weighted by atomic mass is 9.86. The van der Waals surface area contributed by atoms with Crippen molar-refractivity contribution in [2.24, 2.45) is 0 Å². The summed E-state index contributed by atoms with van der Waals surface area (Å²) in [5, 5.41) is 12.2. The molecule has 0 atom stereocenters. The molecular formula is C19H17FN2O3. The Balaban J connectivity index is 1.95. The van der Waals surface area contributed by atoms with Crippen LogP contribution < -0.4 is 5.32 Å². The number of benzene rings is 1. The number of aromatic nitrogens is 1. The minimum absolute atomic E-state index is 0.0369. The Kier molecular flexibility index (Phi) is 4.72. The number of pyridine rings is 1. The molecule has 1 aromatic carbocycles. The van der Waals surface area contributed by atoms with Gasteiger partial charge in [0.2, 0.25) is 0 Å². The van der Waals surface area contributed by atoms with Crippen LogP contribution in [0.5, 0.6) is 0 Å². The fraction of sp³-hybridized carbons (Fsp3) is 0.211. The van der Waals surface area contributed by atoms with Crippen LogP contribution in [0.2, 0.25) is 0 Å². The van der Waals surface area contributed by atoms with Gasteiger partial charge >= 0.3 is 0 Å². The summed E-state index contributed by atoms with van der Waals surface area (Å²) >= 11 is 0. The SMILES string of the molecule is CNc1cc(F)cc2c1CC(=O)C(C(=O)Cc1cnccc1CO)=C2. The second-order valence-electron chi connectivity index (χ2n) is 5.83. The first-order valence-corrected chi connectivity index (χ1v) is 7.84. The summed E-state index contributed by atoms with van der Waals surface area (Å²) in [6, 6.07) is 4.28. The van der Waals surface area contributed by atoms with E-state index in [9.17, 15) is 19.1 Å². The minimum atomic E-state index is -0.435. The van der Waals surface area contributed by atoms with Crippen LogP contribution in [0.25, 0.3) is 6.08 Å². The van der Waals surface area contributed by atoms with E-state index in [1.807, 2.05) is 0 Å². The van der Waals surface area contributed by atoms with Crippen molar-refractivity contribution in [2.75, 3.05) is 12.4 Å². The summed E-state index contributed by atoms with van der Waals surface area (Å²) in [4.78, 5) is 29.0. The number of hydrogen-bond donors (Lipinski definition) is 2. The van der Waals surface area contributed by atoms with E-state index in [1.54, 1.807) is 13.1 Å². The number of aliphatic hydroxyl groups excluding tert-OH is 1. The van der Waals surface area contributed by atoms with Crippen LogP contribution in [0.15, 0.2) is 36.2 Å². The number of aliphatic hydroxyl groups is 1. The maximum absolute atomic E-state index is 13.7. The number of fused-ring (bicyclic) bond motifs is 1. The molecule has 1 aliphatic rings. The molecule has 0 aliphatic heterocycles. The molecule has 0 unspecified atom stereocenters. The van der Waals surface area contributed by atoms with Gasteiger partial charge in [0.1, 0.15) is 5.82 Å². The number of hydrogen-bond acceptors (Lipinski definition) is 5. The van der Waals surface area contributed by atoms with Crippen LogP contribution in [0, 0.1) is 5.82 Å². The zero-order valence-electron chi connectivity index (χ0n) is 13.7. The van der Waals surface area contributed by atoms with Crippen LogP contribution in [-0.4, -0.2) is 28.7 Å². The summed E-state index contributed by atoms with van der Waals surface area (Å²) in [6.45, 7) is -0.211. The van der Waals surface area contributed by atoms with Crippen molar-refractivity contribution >= 4 is 23.3 Å². The maximum atomic E-state index is 13.7. The van der Waals surface area contributed by atoms with E-state index in [4.69, 9.17) is 0 Å². The van der Waals surface area contributed by atoms with Gasteiger partial charge in [0.25, 0.3) is 0 Å². The summed E-state index contributed by atoms with van der Waals surface area (Å²) in [6.07, 6.45) is 4.49. The van der Waals surface area contributed by atoms with Gasteiger partial charge in [-0.15, -0.1) is 0 Å². The van der Waals surface area contributed by atoms with Crippen molar-refractivity contribution in [2.45, 2.75) is 19.4 Å². The van der Waals surface area contributed by atoms with Crippen LogP contribution in [0.3, 0.4) is 0 Å². The lowest BCUT2D eigenvalue weighted by Crippen LogP contribution is -2.21. The maximum Gasteiger partial charge on any atom is 0.170 e. The number of anilines is 1. The Morgan fingerprint density at radius 3 is 2.88 bits per heavy atom. The smallest absolute Gasteiger partial charge is 0.170 e.